The molecular formula is C15H18N2O2S. The van der Waals surface area contributed by atoms with E-state index in [1.54, 1.807) is 12.3 Å². The molecule has 0 aliphatic rings. The largest absolute Gasteiger partial charge is 0.380 e. The molecule has 0 aliphatic carbocycles. The van der Waals surface area contributed by atoms with Gasteiger partial charge in [0.2, 0.25) is 0 Å². The van der Waals surface area contributed by atoms with E-state index < -0.39 is 9.84 Å². The van der Waals surface area contributed by atoms with Gasteiger partial charge in [-0.25, -0.2) is 13.4 Å². The van der Waals surface area contributed by atoms with Crippen LogP contribution in [0.4, 0.5) is 5.69 Å². The van der Waals surface area contributed by atoms with E-state index in [9.17, 15) is 8.42 Å². The zero-order valence-electron chi connectivity index (χ0n) is 11.8. The monoisotopic (exact) mass is 290 g/mol. The summed E-state index contributed by atoms with van der Waals surface area (Å²) < 4.78 is 22.6. The number of hydrogen-bond acceptors (Lipinski definition) is 4. The van der Waals surface area contributed by atoms with Gasteiger partial charge in [-0.05, 0) is 37.1 Å². The minimum atomic E-state index is -3.24. The lowest BCUT2D eigenvalue weighted by Gasteiger charge is -2.10. The maximum Gasteiger partial charge on any atom is 0.192 e. The number of hydrogen-bond donors (Lipinski definition) is 1. The topological polar surface area (TPSA) is 59.1 Å². The van der Waals surface area contributed by atoms with Crippen molar-refractivity contribution in [2.45, 2.75) is 25.4 Å². The third kappa shape index (κ3) is 3.57. The van der Waals surface area contributed by atoms with Crippen LogP contribution in [0.25, 0.3) is 0 Å². The van der Waals surface area contributed by atoms with Crippen molar-refractivity contribution in [2.75, 3.05) is 11.6 Å². The number of anilines is 1. The van der Waals surface area contributed by atoms with Crippen molar-refractivity contribution in [3.63, 3.8) is 0 Å². The summed E-state index contributed by atoms with van der Waals surface area (Å²) in [4.78, 5) is 3.95. The molecule has 2 rings (SSSR count). The predicted molar refractivity (Wildman–Crippen MR) is 80.6 cm³/mol. The number of rotatable bonds is 4. The third-order valence-electron chi connectivity index (χ3n) is 3.10. The van der Waals surface area contributed by atoms with E-state index in [4.69, 9.17) is 0 Å². The van der Waals surface area contributed by atoms with E-state index in [1.165, 1.54) is 22.8 Å². The van der Waals surface area contributed by atoms with Gasteiger partial charge in [-0.3, -0.25) is 0 Å². The van der Waals surface area contributed by atoms with Crippen LogP contribution in [0.1, 0.15) is 16.7 Å². The third-order valence-corrected chi connectivity index (χ3v) is 4.10. The van der Waals surface area contributed by atoms with Crippen molar-refractivity contribution in [3.05, 3.63) is 53.2 Å². The smallest absolute Gasteiger partial charge is 0.192 e. The average Bonchev–Trinajstić information content (AvgIpc) is 2.37. The lowest BCUT2D eigenvalue weighted by Crippen LogP contribution is -2.04. The Labute approximate surface area is 119 Å². The van der Waals surface area contributed by atoms with Crippen molar-refractivity contribution < 1.29 is 8.42 Å². The molecule has 2 aromatic rings. The van der Waals surface area contributed by atoms with E-state index in [2.05, 4.69) is 42.3 Å². The molecule has 4 nitrogen and oxygen atoms in total. The molecule has 0 unspecified atom stereocenters. The zero-order chi connectivity index (χ0) is 14.8. The Bertz CT molecular complexity index is 707. The quantitative estimate of drug-likeness (QED) is 0.940. The van der Waals surface area contributed by atoms with Crippen LogP contribution in [0.15, 0.2) is 41.6 Å². The summed E-state index contributed by atoms with van der Waals surface area (Å²) in [5, 5.41) is 3.33. The van der Waals surface area contributed by atoms with Crippen LogP contribution in [-0.4, -0.2) is 19.7 Å². The number of benzene rings is 1. The Hall–Kier alpha value is -1.88. The number of nitrogens with one attached hydrogen (secondary N) is 1. The van der Waals surface area contributed by atoms with Crippen molar-refractivity contribution in [2.24, 2.45) is 0 Å². The summed E-state index contributed by atoms with van der Waals surface area (Å²) in [5.74, 6) is 0. The molecule has 1 aromatic carbocycles. The molecule has 0 saturated carbocycles. The number of sulfone groups is 1. The summed E-state index contributed by atoms with van der Waals surface area (Å²) in [5.41, 5.74) is 4.49. The summed E-state index contributed by atoms with van der Waals surface area (Å²) in [6, 6.07) is 9.56. The molecule has 0 atom stereocenters. The van der Waals surface area contributed by atoms with Crippen LogP contribution < -0.4 is 5.32 Å². The van der Waals surface area contributed by atoms with Gasteiger partial charge in [0.05, 0.1) is 11.9 Å². The van der Waals surface area contributed by atoms with Crippen LogP contribution in [0.2, 0.25) is 0 Å². The maximum absolute atomic E-state index is 11.3. The summed E-state index contributed by atoms with van der Waals surface area (Å²) in [7, 11) is -3.24. The highest BCUT2D eigenvalue weighted by Gasteiger charge is 2.07. The SMILES string of the molecule is Cc1ccc(CNc2ccc(S(C)(=O)=O)nc2)c(C)c1. The van der Waals surface area contributed by atoms with Crippen molar-refractivity contribution in [3.8, 4) is 0 Å². The maximum atomic E-state index is 11.3. The van der Waals surface area contributed by atoms with Gasteiger partial charge in [0.1, 0.15) is 0 Å². The van der Waals surface area contributed by atoms with E-state index in [1.807, 2.05) is 0 Å². The molecular weight excluding hydrogens is 272 g/mol. The van der Waals surface area contributed by atoms with Crippen molar-refractivity contribution >= 4 is 15.5 Å². The molecule has 1 heterocycles. The minimum Gasteiger partial charge on any atom is -0.380 e. The molecule has 1 aromatic heterocycles. The lowest BCUT2D eigenvalue weighted by atomic mass is 10.1. The summed E-state index contributed by atoms with van der Waals surface area (Å²) in [6.45, 7) is 4.83. The van der Waals surface area contributed by atoms with E-state index in [0.717, 1.165) is 11.9 Å². The molecule has 0 saturated heterocycles. The first-order valence-corrected chi connectivity index (χ1v) is 8.21. The Morgan fingerprint density at radius 3 is 2.45 bits per heavy atom. The Morgan fingerprint density at radius 1 is 1.15 bits per heavy atom. The predicted octanol–water partition coefficient (Wildman–Crippen LogP) is 2.71. The first-order chi connectivity index (χ1) is 9.36. The molecule has 106 valence electrons. The summed E-state index contributed by atoms with van der Waals surface area (Å²) in [6.07, 6.45) is 2.69. The second-order valence-electron chi connectivity index (χ2n) is 4.94. The fourth-order valence-electron chi connectivity index (χ4n) is 1.95. The molecule has 1 N–H and O–H groups in total. The first kappa shape index (κ1) is 14.5. The minimum absolute atomic E-state index is 0.0922. The van der Waals surface area contributed by atoms with Crippen molar-refractivity contribution in [1.29, 1.82) is 0 Å². The van der Waals surface area contributed by atoms with Crippen molar-refractivity contribution in [1.82, 2.24) is 4.98 Å². The molecule has 5 heteroatoms. The molecule has 0 fully saturated rings. The highest BCUT2D eigenvalue weighted by Crippen LogP contribution is 2.14. The standard InChI is InChI=1S/C15H18N2O2S/c1-11-4-5-13(12(2)8-11)9-16-14-6-7-15(17-10-14)20(3,18)19/h4-8,10,16H,9H2,1-3H3. The highest BCUT2D eigenvalue weighted by atomic mass is 32.2. The second kappa shape index (κ2) is 5.63. The van der Waals surface area contributed by atoms with Crippen LogP contribution in [0.5, 0.6) is 0 Å². The second-order valence-corrected chi connectivity index (χ2v) is 6.90. The Balaban J connectivity index is 2.08. The fourth-order valence-corrected chi connectivity index (χ4v) is 2.51. The lowest BCUT2D eigenvalue weighted by molar-refractivity contribution is 0.598. The molecule has 20 heavy (non-hydrogen) atoms. The van der Waals surface area contributed by atoms with Gasteiger partial charge in [0.25, 0.3) is 0 Å². The Morgan fingerprint density at radius 2 is 1.90 bits per heavy atom. The van der Waals surface area contributed by atoms with Gasteiger partial charge in [-0.1, -0.05) is 23.8 Å². The molecule has 0 bridgehead atoms. The molecule has 0 spiro atoms. The fraction of sp³-hybridized carbons (Fsp3) is 0.267. The molecule has 0 radical (unpaired) electrons. The first-order valence-electron chi connectivity index (χ1n) is 6.32. The zero-order valence-corrected chi connectivity index (χ0v) is 12.7. The van der Waals surface area contributed by atoms with Gasteiger partial charge < -0.3 is 5.32 Å². The van der Waals surface area contributed by atoms with Gasteiger partial charge in [0, 0.05) is 12.8 Å². The molecule has 0 aliphatic heterocycles. The van der Waals surface area contributed by atoms with Crippen LogP contribution in [-0.2, 0) is 16.4 Å². The van der Waals surface area contributed by atoms with Crippen LogP contribution in [0, 0.1) is 13.8 Å². The number of pyridine rings is 1. The van der Waals surface area contributed by atoms with E-state index >= 15 is 0 Å². The van der Waals surface area contributed by atoms with E-state index in [0.29, 0.717) is 6.54 Å². The van der Waals surface area contributed by atoms with Gasteiger partial charge in [0.15, 0.2) is 14.9 Å². The van der Waals surface area contributed by atoms with Gasteiger partial charge in [-0.15, -0.1) is 0 Å². The normalized spacial score (nSPS) is 11.3. The van der Waals surface area contributed by atoms with Gasteiger partial charge >= 0.3 is 0 Å². The summed E-state index contributed by atoms with van der Waals surface area (Å²) >= 11 is 0. The Kier molecular flexibility index (Phi) is 4.09. The van der Waals surface area contributed by atoms with E-state index in [-0.39, 0.29) is 5.03 Å². The highest BCUT2D eigenvalue weighted by molar-refractivity contribution is 7.90. The van der Waals surface area contributed by atoms with Crippen LogP contribution in [0.3, 0.4) is 0 Å². The number of nitrogens with zero attached hydrogens (tertiary/aromatic N) is 1. The number of aromatic nitrogens is 1. The average molecular weight is 290 g/mol. The number of aryl methyl sites for hydroxylation is 2. The van der Waals surface area contributed by atoms with Gasteiger partial charge in [-0.2, -0.15) is 0 Å². The van der Waals surface area contributed by atoms with Crippen LogP contribution >= 0.6 is 0 Å². The molecule has 0 amide bonds.